The van der Waals surface area contributed by atoms with Crippen LogP contribution in [0.5, 0.6) is 0 Å². The zero-order chi connectivity index (χ0) is 18.8. The van der Waals surface area contributed by atoms with Crippen LogP contribution in [0.4, 0.5) is 14.9 Å². The van der Waals surface area contributed by atoms with Gasteiger partial charge in [0.15, 0.2) is 0 Å². The van der Waals surface area contributed by atoms with Crippen LogP contribution < -0.4 is 10.2 Å². The summed E-state index contributed by atoms with van der Waals surface area (Å²) in [6.45, 7) is -0.0208. The van der Waals surface area contributed by atoms with E-state index in [9.17, 15) is 9.18 Å². The van der Waals surface area contributed by atoms with Crippen molar-refractivity contribution < 1.29 is 9.18 Å². The first kappa shape index (κ1) is 18.4. The summed E-state index contributed by atoms with van der Waals surface area (Å²) in [5, 5.41) is 2.99. The third-order valence-electron chi connectivity index (χ3n) is 4.06. The number of hydrogen-bond acceptors (Lipinski definition) is 3. The summed E-state index contributed by atoms with van der Waals surface area (Å²) in [5.74, 6) is -0.468. The SMILES string of the molecule is CN(C)c1ccc(/C=C2\NC(=O)N(Cc3c(F)cccc3Cl)C2=S)cc1. The molecule has 26 heavy (non-hydrogen) atoms. The summed E-state index contributed by atoms with van der Waals surface area (Å²) in [6, 6.07) is 11.8. The molecule has 1 fully saturated rings. The number of carbonyl (C=O) groups is 1. The van der Waals surface area contributed by atoms with Gasteiger partial charge in [0, 0.05) is 30.4 Å². The van der Waals surface area contributed by atoms with E-state index in [-0.39, 0.29) is 17.1 Å². The summed E-state index contributed by atoms with van der Waals surface area (Å²) in [7, 11) is 3.93. The van der Waals surface area contributed by atoms with Crippen LogP contribution in [0.2, 0.25) is 5.02 Å². The van der Waals surface area contributed by atoms with E-state index in [1.54, 1.807) is 12.1 Å². The average Bonchev–Trinajstić information content (AvgIpc) is 2.85. The van der Waals surface area contributed by atoms with Crippen molar-refractivity contribution in [2.24, 2.45) is 0 Å². The fraction of sp³-hybridized carbons (Fsp3) is 0.158. The molecule has 0 spiro atoms. The molecule has 2 aromatic carbocycles. The Labute approximate surface area is 161 Å². The predicted octanol–water partition coefficient (Wildman–Crippen LogP) is 4.44. The van der Waals surface area contributed by atoms with E-state index in [2.05, 4.69) is 5.32 Å². The van der Waals surface area contributed by atoms with Gasteiger partial charge < -0.3 is 10.2 Å². The Balaban J connectivity index is 1.82. The van der Waals surface area contributed by atoms with Gasteiger partial charge in [0.05, 0.1) is 12.2 Å². The Morgan fingerprint density at radius 3 is 2.54 bits per heavy atom. The van der Waals surface area contributed by atoms with Crippen LogP contribution in [0.3, 0.4) is 0 Å². The number of carbonyl (C=O) groups excluding carboxylic acids is 1. The highest BCUT2D eigenvalue weighted by Crippen LogP contribution is 2.24. The summed E-state index contributed by atoms with van der Waals surface area (Å²) >= 11 is 11.4. The number of thiocarbonyl (C=S) groups is 1. The molecule has 2 amide bonds. The molecule has 4 nitrogen and oxygen atoms in total. The van der Waals surface area contributed by atoms with Gasteiger partial charge in [0.1, 0.15) is 10.8 Å². The van der Waals surface area contributed by atoms with Crippen LogP contribution in [0, 0.1) is 5.82 Å². The van der Waals surface area contributed by atoms with E-state index in [4.69, 9.17) is 23.8 Å². The average molecular weight is 390 g/mol. The van der Waals surface area contributed by atoms with Crippen LogP contribution in [0.15, 0.2) is 48.2 Å². The third-order valence-corrected chi connectivity index (χ3v) is 4.86. The first-order valence-electron chi connectivity index (χ1n) is 7.91. The third kappa shape index (κ3) is 3.71. The largest absolute Gasteiger partial charge is 0.378 e. The Morgan fingerprint density at radius 2 is 1.92 bits per heavy atom. The predicted molar refractivity (Wildman–Crippen MR) is 107 cm³/mol. The molecule has 1 aliphatic rings. The lowest BCUT2D eigenvalue weighted by Crippen LogP contribution is -2.30. The fourth-order valence-electron chi connectivity index (χ4n) is 2.59. The summed E-state index contributed by atoms with van der Waals surface area (Å²) in [4.78, 5) is 15.9. The van der Waals surface area contributed by atoms with Crippen molar-refractivity contribution in [3.8, 4) is 0 Å². The lowest BCUT2D eigenvalue weighted by atomic mass is 10.1. The van der Waals surface area contributed by atoms with Gasteiger partial charge in [0.2, 0.25) is 0 Å². The fourth-order valence-corrected chi connectivity index (χ4v) is 3.07. The zero-order valence-corrected chi connectivity index (χ0v) is 15.9. The number of amides is 2. The lowest BCUT2D eigenvalue weighted by molar-refractivity contribution is 0.227. The Morgan fingerprint density at radius 1 is 1.23 bits per heavy atom. The molecular formula is C19H17ClFN3OS. The van der Waals surface area contributed by atoms with Gasteiger partial charge in [0.25, 0.3) is 0 Å². The van der Waals surface area contributed by atoms with Crippen LogP contribution in [0.1, 0.15) is 11.1 Å². The van der Waals surface area contributed by atoms with Crippen LogP contribution in [-0.4, -0.2) is 30.0 Å². The highest BCUT2D eigenvalue weighted by molar-refractivity contribution is 7.80. The molecular weight excluding hydrogens is 373 g/mol. The number of rotatable bonds is 4. The lowest BCUT2D eigenvalue weighted by Gasteiger charge is -2.15. The minimum absolute atomic E-state index is 0.0208. The number of hydrogen-bond donors (Lipinski definition) is 1. The number of anilines is 1. The molecule has 1 N–H and O–H groups in total. The first-order valence-corrected chi connectivity index (χ1v) is 8.70. The second-order valence-corrected chi connectivity index (χ2v) is 6.86. The van der Waals surface area contributed by atoms with E-state index >= 15 is 0 Å². The van der Waals surface area contributed by atoms with E-state index < -0.39 is 11.8 Å². The quantitative estimate of drug-likeness (QED) is 0.620. The number of nitrogens with one attached hydrogen (secondary N) is 1. The molecule has 0 radical (unpaired) electrons. The van der Waals surface area contributed by atoms with Gasteiger partial charge in [-0.15, -0.1) is 0 Å². The Bertz CT molecular complexity index is 876. The maximum absolute atomic E-state index is 14.0. The van der Waals surface area contributed by atoms with Crippen molar-refractivity contribution in [2.45, 2.75) is 6.54 Å². The minimum Gasteiger partial charge on any atom is -0.378 e. The molecule has 0 aliphatic carbocycles. The van der Waals surface area contributed by atoms with Crippen molar-refractivity contribution in [2.75, 3.05) is 19.0 Å². The molecule has 0 unspecified atom stereocenters. The van der Waals surface area contributed by atoms with E-state index in [1.807, 2.05) is 43.3 Å². The molecule has 1 heterocycles. The van der Waals surface area contributed by atoms with Gasteiger partial charge >= 0.3 is 6.03 Å². The molecule has 3 rings (SSSR count). The van der Waals surface area contributed by atoms with Crippen molar-refractivity contribution in [1.82, 2.24) is 10.2 Å². The maximum atomic E-state index is 14.0. The van der Waals surface area contributed by atoms with Gasteiger partial charge in [-0.25, -0.2) is 9.18 Å². The Kier molecular flexibility index (Phi) is 5.25. The van der Waals surface area contributed by atoms with Crippen molar-refractivity contribution in [1.29, 1.82) is 0 Å². The van der Waals surface area contributed by atoms with Crippen LogP contribution >= 0.6 is 23.8 Å². The van der Waals surface area contributed by atoms with Gasteiger partial charge in [-0.1, -0.05) is 42.0 Å². The second-order valence-electron chi connectivity index (χ2n) is 6.07. The molecule has 0 atom stereocenters. The summed E-state index contributed by atoms with van der Waals surface area (Å²) < 4.78 is 14.0. The van der Waals surface area contributed by atoms with Crippen molar-refractivity contribution in [3.63, 3.8) is 0 Å². The van der Waals surface area contributed by atoms with Gasteiger partial charge in [-0.05, 0) is 35.9 Å². The highest BCUT2D eigenvalue weighted by Gasteiger charge is 2.31. The minimum atomic E-state index is -0.468. The first-order chi connectivity index (χ1) is 12.4. The molecule has 0 aromatic heterocycles. The van der Waals surface area contributed by atoms with Crippen molar-refractivity contribution >= 4 is 46.6 Å². The smallest absolute Gasteiger partial charge is 0.327 e. The number of urea groups is 1. The van der Waals surface area contributed by atoms with Gasteiger partial charge in [-0.3, -0.25) is 4.90 Å². The summed E-state index contributed by atoms with van der Waals surface area (Å²) in [5.41, 5.74) is 2.72. The monoisotopic (exact) mass is 389 g/mol. The second kappa shape index (κ2) is 7.43. The molecule has 0 bridgehead atoms. The van der Waals surface area contributed by atoms with Gasteiger partial charge in [-0.2, -0.15) is 0 Å². The standard InChI is InChI=1S/C19H17ClFN3OS/c1-23(2)13-8-6-12(7-9-13)10-17-18(26)24(19(25)22-17)11-14-15(20)4-3-5-16(14)21/h3-10H,11H2,1-2H3,(H,22,25)/b17-10-. The molecule has 0 saturated carbocycles. The molecule has 1 saturated heterocycles. The van der Waals surface area contributed by atoms with E-state index in [0.29, 0.717) is 10.7 Å². The van der Waals surface area contributed by atoms with Crippen molar-refractivity contribution in [3.05, 3.63) is 70.1 Å². The number of halogens is 2. The number of benzene rings is 2. The van der Waals surface area contributed by atoms with E-state index in [0.717, 1.165) is 11.3 Å². The zero-order valence-electron chi connectivity index (χ0n) is 14.3. The Hall–Kier alpha value is -2.44. The van der Waals surface area contributed by atoms with Crippen LogP contribution in [-0.2, 0) is 6.54 Å². The summed E-state index contributed by atoms with van der Waals surface area (Å²) in [6.07, 6.45) is 1.79. The molecule has 7 heteroatoms. The number of nitrogens with zero attached hydrogens (tertiary/aromatic N) is 2. The topological polar surface area (TPSA) is 35.6 Å². The van der Waals surface area contributed by atoms with Crippen LogP contribution in [0.25, 0.3) is 6.08 Å². The van der Waals surface area contributed by atoms with E-state index in [1.165, 1.54) is 17.0 Å². The molecule has 134 valence electrons. The maximum Gasteiger partial charge on any atom is 0.327 e. The molecule has 1 aliphatic heterocycles. The molecule has 2 aromatic rings. The normalized spacial score (nSPS) is 15.5. The highest BCUT2D eigenvalue weighted by atomic mass is 35.5.